The minimum absolute atomic E-state index is 0.0988. The molecule has 0 unspecified atom stereocenters. The van der Waals surface area contributed by atoms with Crippen LogP contribution in [0.2, 0.25) is 0 Å². The zero-order chi connectivity index (χ0) is 22.9. The number of fused-ring (bicyclic) bond motifs is 1. The van der Waals surface area contributed by atoms with Gasteiger partial charge in [0.15, 0.2) is 0 Å². The van der Waals surface area contributed by atoms with E-state index < -0.39 is 23.7 Å². The summed E-state index contributed by atoms with van der Waals surface area (Å²) in [6.45, 7) is 0.902. The predicted molar refractivity (Wildman–Crippen MR) is 108 cm³/mol. The van der Waals surface area contributed by atoms with E-state index >= 15 is 0 Å². The molecule has 8 nitrogen and oxygen atoms in total. The summed E-state index contributed by atoms with van der Waals surface area (Å²) in [4.78, 5) is 32.9. The van der Waals surface area contributed by atoms with Gasteiger partial charge in [0.1, 0.15) is 6.61 Å². The molecule has 2 amide bonds. The number of rotatable bonds is 5. The number of ether oxygens (including phenoxy) is 1. The lowest BCUT2D eigenvalue weighted by molar-refractivity contribution is -0.137. The first-order chi connectivity index (χ1) is 15.3. The number of anilines is 1. The number of hydrogen-bond acceptors (Lipinski definition) is 4. The van der Waals surface area contributed by atoms with Crippen LogP contribution < -0.4 is 10.5 Å². The third-order valence-corrected chi connectivity index (χ3v) is 5.03. The normalized spacial score (nSPS) is 14.9. The molecule has 0 spiro atoms. The minimum Gasteiger partial charge on any atom is -0.447 e. The lowest BCUT2D eigenvalue weighted by atomic mass is 10.1. The van der Waals surface area contributed by atoms with E-state index in [-0.39, 0.29) is 24.4 Å². The first-order valence-electron chi connectivity index (χ1n) is 9.82. The van der Waals surface area contributed by atoms with Gasteiger partial charge < -0.3 is 19.4 Å². The third kappa shape index (κ3) is 4.24. The van der Waals surface area contributed by atoms with Crippen molar-refractivity contribution in [1.82, 2.24) is 9.55 Å². The number of nitrogens with one attached hydrogen (secondary N) is 1. The van der Waals surface area contributed by atoms with Crippen molar-refractivity contribution in [2.24, 2.45) is 4.99 Å². The predicted octanol–water partition coefficient (Wildman–Crippen LogP) is 3.07. The number of alkyl halides is 3. The number of carbonyl (C=O) groups is 2. The van der Waals surface area contributed by atoms with Crippen molar-refractivity contribution in [2.75, 3.05) is 24.7 Å². The maximum absolute atomic E-state index is 13.0. The Morgan fingerprint density at radius 2 is 2.03 bits per heavy atom. The van der Waals surface area contributed by atoms with Crippen LogP contribution in [0, 0.1) is 0 Å². The van der Waals surface area contributed by atoms with Crippen LogP contribution in [0.15, 0.2) is 47.5 Å². The Bertz CT molecular complexity index is 1250. The number of aliphatic hydroxyl groups excluding tert-OH is 1. The van der Waals surface area contributed by atoms with E-state index in [0.717, 1.165) is 18.2 Å². The molecule has 1 aromatic heterocycles. The number of amides is 2. The van der Waals surface area contributed by atoms with Crippen molar-refractivity contribution >= 4 is 28.7 Å². The summed E-state index contributed by atoms with van der Waals surface area (Å²) in [5, 5.41) is 9.23. The van der Waals surface area contributed by atoms with E-state index in [2.05, 4.69) is 9.98 Å². The highest BCUT2D eigenvalue weighted by Crippen LogP contribution is 2.29. The zero-order valence-electron chi connectivity index (χ0n) is 16.7. The number of aromatic nitrogens is 2. The van der Waals surface area contributed by atoms with Crippen molar-refractivity contribution < 1.29 is 32.6 Å². The second-order valence-electron chi connectivity index (χ2n) is 7.14. The summed E-state index contributed by atoms with van der Waals surface area (Å²) < 4.78 is 45.6. The molecule has 0 aliphatic carbocycles. The SMILES string of the molecule is O=C(/N=c1\[nH]c2cc(N3CCOC3=O)ccc2n1CCCO)c1cccc(C(F)(F)F)c1. The highest BCUT2D eigenvalue weighted by atomic mass is 19.4. The molecule has 1 saturated heterocycles. The summed E-state index contributed by atoms with van der Waals surface area (Å²) in [5.74, 6) is -0.844. The standard InChI is InChI=1S/C21H19F3N4O4/c22-21(23,24)14-4-1-3-13(11-14)18(30)26-19-25-16-12-15(27-8-10-32-20(27)31)5-6-17(16)28(19)7-2-9-29/h1,3-6,11-12,29H,2,7-10H2,(H,25,26,30). The van der Waals surface area contributed by atoms with Gasteiger partial charge in [0.25, 0.3) is 5.91 Å². The van der Waals surface area contributed by atoms with Crippen LogP contribution in [0.25, 0.3) is 11.0 Å². The number of benzene rings is 2. The molecule has 0 bridgehead atoms. The van der Waals surface area contributed by atoms with Crippen LogP contribution in [-0.4, -0.2) is 46.4 Å². The minimum atomic E-state index is -4.58. The fourth-order valence-electron chi connectivity index (χ4n) is 3.49. The number of imidazole rings is 1. The topological polar surface area (TPSA) is 99.9 Å². The van der Waals surface area contributed by atoms with E-state index in [1.54, 1.807) is 22.8 Å². The van der Waals surface area contributed by atoms with Gasteiger partial charge in [-0.2, -0.15) is 18.2 Å². The molecule has 1 aliphatic heterocycles. The van der Waals surface area contributed by atoms with Gasteiger partial charge in [-0.1, -0.05) is 6.07 Å². The molecule has 0 saturated carbocycles. The van der Waals surface area contributed by atoms with Gasteiger partial charge in [-0.25, -0.2) is 4.79 Å². The van der Waals surface area contributed by atoms with E-state index in [1.165, 1.54) is 11.0 Å². The van der Waals surface area contributed by atoms with Crippen LogP contribution in [-0.2, 0) is 17.5 Å². The Balaban J connectivity index is 1.77. The molecule has 1 fully saturated rings. The second-order valence-corrected chi connectivity index (χ2v) is 7.14. The largest absolute Gasteiger partial charge is 0.447 e. The Morgan fingerprint density at radius 3 is 2.72 bits per heavy atom. The van der Waals surface area contributed by atoms with Crippen molar-refractivity contribution in [1.29, 1.82) is 0 Å². The van der Waals surface area contributed by atoms with E-state index in [1.807, 2.05) is 0 Å². The first-order valence-corrected chi connectivity index (χ1v) is 9.82. The maximum atomic E-state index is 13.0. The van der Waals surface area contributed by atoms with Gasteiger partial charge in [-0.05, 0) is 42.8 Å². The molecule has 3 aromatic rings. The summed E-state index contributed by atoms with van der Waals surface area (Å²) in [7, 11) is 0. The first kappa shape index (κ1) is 21.6. The molecular weight excluding hydrogens is 429 g/mol. The number of hydrogen-bond donors (Lipinski definition) is 2. The molecule has 4 rings (SSSR count). The van der Waals surface area contributed by atoms with E-state index in [0.29, 0.717) is 36.2 Å². The molecule has 1 aliphatic rings. The number of H-pyrrole nitrogens is 1. The Morgan fingerprint density at radius 1 is 1.22 bits per heavy atom. The van der Waals surface area contributed by atoms with Gasteiger partial charge in [-0.3, -0.25) is 9.69 Å². The van der Waals surface area contributed by atoms with Crippen molar-refractivity contribution in [2.45, 2.75) is 19.1 Å². The Labute approximate surface area is 179 Å². The Kier molecular flexibility index (Phi) is 5.74. The average molecular weight is 448 g/mol. The Hall–Kier alpha value is -3.60. The molecule has 11 heteroatoms. The summed E-state index contributed by atoms with van der Waals surface area (Å²) in [5.41, 5.74) is 0.794. The average Bonchev–Trinajstić information content (AvgIpc) is 3.34. The summed E-state index contributed by atoms with van der Waals surface area (Å²) in [6, 6.07) is 9.20. The molecular formula is C21H19F3N4O4. The highest BCUT2D eigenvalue weighted by molar-refractivity contribution is 5.95. The third-order valence-electron chi connectivity index (χ3n) is 5.03. The van der Waals surface area contributed by atoms with Gasteiger partial charge in [-0.15, -0.1) is 0 Å². The molecule has 168 valence electrons. The highest BCUT2D eigenvalue weighted by Gasteiger charge is 2.31. The van der Waals surface area contributed by atoms with Crippen LogP contribution in [0.5, 0.6) is 0 Å². The van der Waals surface area contributed by atoms with Crippen LogP contribution >= 0.6 is 0 Å². The van der Waals surface area contributed by atoms with E-state index in [9.17, 15) is 27.9 Å². The molecule has 32 heavy (non-hydrogen) atoms. The number of aryl methyl sites for hydroxylation is 1. The molecule has 2 N–H and O–H groups in total. The van der Waals surface area contributed by atoms with Gasteiger partial charge in [0, 0.05) is 24.4 Å². The fourth-order valence-corrected chi connectivity index (χ4v) is 3.49. The van der Waals surface area contributed by atoms with E-state index in [4.69, 9.17) is 4.74 Å². The lowest BCUT2D eigenvalue weighted by Gasteiger charge is -2.12. The fraction of sp³-hybridized carbons (Fsp3) is 0.286. The number of carbonyl (C=O) groups excluding carboxylic acids is 2. The smallest absolute Gasteiger partial charge is 0.416 e. The maximum Gasteiger partial charge on any atom is 0.416 e. The molecule has 0 radical (unpaired) electrons. The number of aromatic amines is 1. The second kappa shape index (κ2) is 8.50. The number of nitrogens with zero attached hydrogens (tertiary/aromatic N) is 3. The lowest BCUT2D eigenvalue weighted by Crippen LogP contribution is -2.23. The van der Waals surface area contributed by atoms with Gasteiger partial charge in [0.05, 0.1) is 23.1 Å². The van der Waals surface area contributed by atoms with Crippen LogP contribution in [0.4, 0.5) is 23.7 Å². The van der Waals surface area contributed by atoms with Crippen molar-refractivity contribution in [3.8, 4) is 0 Å². The number of halogens is 3. The summed E-state index contributed by atoms with van der Waals surface area (Å²) >= 11 is 0. The van der Waals surface area contributed by atoms with Crippen molar-refractivity contribution in [3.63, 3.8) is 0 Å². The van der Waals surface area contributed by atoms with Gasteiger partial charge in [0.2, 0.25) is 5.62 Å². The zero-order valence-corrected chi connectivity index (χ0v) is 16.7. The number of cyclic esters (lactones) is 1. The summed E-state index contributed by atoms with van der Waals surface area (Å²) in [6.07, 6.45) is -4.67. The monoisotopic (exact) mass is 448 g/mol. The molecule has 2 aromatic carbocycles. The molecule has 0 atom stereocenters. The number of aliphatic hydroxyl groups is 1. The van der Waals surface area contributed by atoms with Gasteiger partial charge >= 0.3 is 12.3 Å². The van der Waals surface area contributed by atoms with Crippen LogP contribution in [0.3, 0.4) is 0 Å². The van der Waals surface area contributed by atoms with Crippen LogP contribution in [0.1, 0.15) is 22.3 Å². The quantitative estimate of drug-likeness (QED) is 0.627. The molecule has 2 heterocycles. The van der Waals surface area contributed by atoms with Crippen molar-refractivity contribution in [3.05, 3.63) is 59.2 Å².